The number of nitrogens with zero attached hydrogens (tertiary/aromatic N) is 3. The number of carbonyl (C=O) groups is 3. The molecule has 2 aromatic heterocycles. The Morgan fingerprint density at radius 1 is 1.25 bits per heavy atom. The van der Waals surface area contributed by atoms with E-state index in [0.29, 0.717) is 29.4 Å². The van der Waals surface area contributed by atoms with Gasteiger partial charge in [-0.05, 0) is 12.5 Å². The van der Waals surface area contributed by atoms with Crippen molar-refractivity contribution in [2.45, 2.75) is 19.3 Å². The highest BCUT2D eigenvalue weighted by Crippen LogP contribution is 2.25. The van der Waals surface area contributed by atoms with Crippen LogP contribution < -0.4 is 15.8 Å². The van der Waals surface area contributed by atoms with Gasteiger partial charge in [0, 0.05) is 42.5 Å². The molecule has 4 rings (SSSR count). The number of hydrazine groups is 1. The van der Waals surface area contributed by atoms with E-state index in [1.165, 1.54) is 11.3 Å². The molecular weight excluding hydrogens is 378 g/mol. The van der Waals surface area contributed by atoms with Crippen molar-refractivity contribution >= 4 is 45.1 Å². The van der Waals surface area contributed by atoms with Crippen molar-refractivity contribution in [2.24, 2.45) is 7.05 Å². The Bertz CT molecular complexity index is 1070. The maximum atomic E-state index is 12.4. The number of benzene rings is 1. The van der Waals surface area contributed by atoms with Crippen LogP contribution in [0.25, 0.3) is 10.9 Å². The van der Waals surface area contributed by atoms with Crippen molar-refractivity contribution in [3.8, 4) is 0 Å². The third-order valence-corrected chi connectivity index (χ3v) is 5.56. The highest BCUT2D eigenvalue weighted by atomic mass is 32.1. The van der Waals surface area contributed by atoms with Crippen LogP contribution in [0.3, 0.4) is 0 Å². The second-order valence-corrected chi connectivity index (χ2v) is 7.46. The lowest BCUT2D eigenvalue weighted by Gasteiger charge is -2.10. The SMILES string of the molecule is Cn1cc(C(=O)NNC(=O)Cc2csc(N3CCCC3=O)n2)c2ccccc21. The minimum atomic E-state index is -0.383. The Balaban J connectivity index is 1.36. The van der Waals surface area contributed by atoms with Crippen LogP contribution in [0.5, 0.6) is 0 Å². The van der Waals surface area contributed by atoms with Gasteiger partial charge in [-0.1, -0.05) is 18.2 Å². The van der Waals surface area contributed by atoms with Crippen LogP contribution in [0.1, 0.15) is 28.9 Å². The van der Waals surface area contributed by atoms with Crippen molar-refractivity contribution in [1.82, 2.24) is 20.4 Å². The average molecular weight is 397 g/mol. The number of rotatable bonds is 4. The maximum absolute atomic E-state index is 12.4. The molecule has 0 radical (unpaired) electrons. The summed E-state index contributed by atoms with van der Waals surface area (Å²) in [4.78, 5) is 42.4. The number of thiazole rings is 1. The monoisotopic (exact) mass is 397 g/mol. The van der Waals surface area contributed by atoms with E-state index >= 15 is 0 Å². The minimum Gasteiger partial charge on any atom is -0.350 e. The fraction of sp³-hybridized carbons (Fsp3) is 0.263. The molecule has 0 spiro atoms. The summed E-state index contributed by atoms with van der Waals surface area (Å²) in [7, 11) is 1.86. The van der Waals surface area contributed by atoms with E-state index in [-0.39, 0.29) is 24.1 Å². The van der Waals surface area contributed by atoms with E-state index < -0.39 is 0 Å². The van der Waals surface area contributed by atoms with Gasteiger partial charge in [-0.15, -0.1) is 11.3 Å². The molecule has 3 amide bonds. The zero-order valence-electron chi connectivity index (χ0n) is 15.3. The Labute approximate surface area is 165 Å². The van der Waals surface area contributed by atoms with Gasteiger partial charge < -0.3 is 4.57 Å². The number of hydrogen-bond donors (Lipinski definition) is 2. The van der Waals surface area contributed by atoms with Crippen molar-refractivity contribution in [3.63, 3.8) is 0 Å². The van der Waals surface area contributed by atoms with Crippen LogP contribution in [0.15, 0.2) is 35.8 Å². The summed E-state index contributed by atoms with van der Waals surface area (Å²) in [5.41, 5.74) is 6.87. The molecule has 1 aliphatic rings. The highest BCUT2D eigenvalue weighted by Gasteiger charge is 2.24. The number of para-hydroxylation sites is 1. The number of nitrogens with one attached hydrogen (secondary N) is 2. The molecule has 1 aromatic carbocycles. The van der Waals surface area contributed by atoms with Gasteiger partial charge in [-0.2, -0.15) is 0 Å². The van der Waals surface area contributed by atoms with Gasteiger partial charge in [0.15, 0.2) is 5.13 Å². The Hall–Kier alpha value is -3.20. The van der Waals surface area contributed by atoms with E-state index in [1.54, 1.807) is 16.5 Å². The minimum absolute atomic E-state index is 0.0222. The molecule has 2 N–H and O–H groups in total. The van der Waals surface area contributed by atoms with Crippen molar-refractivity contribution in [3.05, 3.63) is 47.1 Å². The molecule has 0 aliphatic carbocycles. The van der Waals surface area contributed by atoms with Crippen LogP contribution >= 0.6 is 11.3 Å². The molecule has 0 bridgehead atoms. The summed E-state index contributed by atoms with van der Waals surface area (Å²) < 4.78 is 1.86. The molecule has 3 heterocycles. The van der Waals surface area contributed by atoms with Crippen LogP contribution in [0.4, 0.5) is 5.13 Å². The van der Waals surface area contributed by atoms with Gasteiger partial charge in [0.2, 0.25) is 11.8 Å². The van der Waals surface area contributed by atoms with E-state index in [2.05, 4.69) is 15.8 Å². The predicted octanol–water partition coefficient (Wildman–Crippen LogP) is 1.77. The largest absolute Gasteiger partial charge is 0.350 e. The van der Waals surface area contributed by atoms with Crippen LogP contribution in [0, 0.1) is 0 Å². The molecular formula is C19H19N5O3S. The van der Waals surface area contributed by atoms with Crippen molar-refractivity contribution < 1.29 is 14.4 Å². The fourth-order valence-corrected chi connectivity index (χ4v) is 4.14. The first-order chi connectivity index (χ1) is 13.5. The Morgan fingerprint density at radius 2 is 2.07 bits per heavy atom. The number of aryl methyl sites for hydroxylation is 1. The van der Waals surface area contributed by atoms with Crippen LogP contribution in [-0.4, -0.2) is 33.8 Å². The zero-order chi connectivity index (χ0) is 19.7. The number of anilines is 1. The topological polar surface area (TPSA) is 96.3 Å². The molecule has 1 aliphatic heterocycles. The second-order valence-electron chi connectivity index (χ2n) is 6.62. The lowest BCUT2D eigenvalue weighted by Crippen LogP contribution is -2.42. The molecule has 0 saturated carbocycles. The van der Waals surface area contributed by atoms with Gasteiger partial charge in [0.25, 0.3) is 5.91 Å². The highest BCUT2D eigenvalue weighted by molar-refractivity contribution is 7.14. The van der Waals surface area contributed by atoms with Gasteiger partial charge >= 0.3 is 0 Å². The van der Waals surface area contributed by atoms with Crippen molar-refractivity contribution in [2.75, 3.05) is 11.4 Å². The zero-order valence-corrected chi connectivity index (χ0v) is 16.1. The molecule has 3 aromatic rings. The molecule has 9 heteroatoms. The number of hydrogen-bond acceptors (Lipinski definition) is 5. The first-order valence-electron chi connectivity index (χ1n) is 8.91. The molecule has 28 heavy (non-hydrogen) atoms. The molecule has 0 atom stereocenters. The van der Waals surface area contributed by atoms with Gasteiger partial charge in [0.05, 0.1) is 17.7 Å². The number of fused-ring (bicyclic) bond motifs is 1. The first-order valence-corrected chi connectivity index (χ1v) is 9.79. The van der Waals surface area contributed by atoms with Crippen molar-refractivity contribution in [1.29, 1.82) is 0 Å². The lowest BCUT2D eigenvalue weighted by atomic mass is 10.2. The second kappa shape index (κ2) is 7.43. The van der Waals surface area contributed by atoms with E-state index in [4.69, 9.17) is 0 Å². The summed E-state index contributed by atoms with van der Waals surface area (Å²) in [5, 5.41) is 3.19. The fourth-order valence-electron chi connectivity index (χ4n) is 3.28. The normalized spacial score (nSPS) is 13.9. The molecule has 1 saturated heterocycles. The number of amides is 3. The van der Waals surface area contributed by atoms with Gasteiger partial charge in [0.1, 0.15) is 0 Å². The Kier molecular flexibility index (Phi) is 4.82. The average Bonchev–Trinajstić information content (AvgIpc) is 3.39. The summed E-state index contributed by atoms with van der Waals surface area (Å²) in [5.74, 6) is -0.697. The quantitative estimate of drug-likeness (QED) is 0.656. The van der Waals surface area contributed by atoms with E-state index in [9.17, 15) is 14.4 Å². The van der Waals surface area contributed by atoms with Crippen LogP contribution in [0.2, 0.25) is 0 Å². The number of aromatic nitrogens is 2. The van der Waals surface area contributed by atoms with Gasteiger partial charge in [-0.3, -0.25) is 30.1 Å². The summed E-state index contributed by atoms with van der Waals surface area (Å²) in [6.07, 6.45) is 3.12. The molecule has 0 unspecified atom stereocenters. The van der Waals surface area contributed by atoms with E-state index in [1.807, 2.05) is 35.9 Å². The Morgan fingerprint density at radius 3 is 2.86 bits per heavy atom. The first kappa shape index (κ1) is 18.2. The third kappa shape index (κ3) is 3.48. The summed E-state index contributed by atoms with van der Waals surface area (Å²) in [6.45, 7) is 0.666. The summed E-state index contributed by atoms with van der Waals surface area (Å²) in [6, 6.07) is 7.56. The maximum Gasteiger partial charge on any atom is 0.271 e. The predicted molar refractivity (Wildman–Crippen MR) is 106 cm³/mol. The number of carbonyl (C=O) groups excluding carboxylic acids is 3. The summed E-state index contributed by atoms with van der Waals surface area (Å²) >= 11 is 1.34. The van der Waals surface area contributed by atoms with Gasteiger partial charge in [-0.25, -0.2) is 4.98 Å². The smallest absolute Gasteiger partial charge is 0.271 e. The third-order valence-electron chi connectivity index (χ3n) is 4.64. The van der Waals surface area contributed by atoms with E-state index in [0.717, 1.165) is 17.3 Å². The molecule has 144 valence electrons. The lowest BCUT2D eigenvalue weighted by molar-refractivity contribution is -0.121. The standard InChI is InChI=1S/C19H19N5O3S/c1-23-10-14(13-5-2-3-6-15(13)23)18(27)22-21-16(25)9-12-11-28-19(20-12)24-8-4-7-17(24)26/h2-3,5-6,10-11H,4,7-9H2,1H3,(H,21,25)(H,22,27). The van der Waals surface area contributed by atoms with Crippen LogP contribution in [-0.2, 0) is 23.1 Å². The molecule has 1 fully saturated rings. The molecule has 8 nitrogen and oxygen atoms in total.